The van der Waals surface area contributed by atoms with Gasteiger partial charge in [-0.3, -0.25) is 9.48 Å². The van der Waals surface area contributed by atoms with Crippen LogP contribution < -0.4 is 10.1 Å². The van der Waals surface area contributed by atoms with Gasteiger partial charge >= 0.3 is 0 Å². The Morgan fingerprint density at radius 1 is 1.47 bits per heavy atom. The lowest BCUT2D eigenvalue weighted by molar-refractivity contribution is 0.0702. The SMILES string of the molecule is CCn1ncc(OC)c1C(=O)C1(CC)CCNCC1. The molecule has 1 aliphatic heterocycles. The van der Waals surface area contributed by atoms with E-state index in [1.165, 1.54) is 0 Å². The molecule has 2 heterocycles. The highest BCUT2D eigenvalue weighted by Gasteiger charge is 2.41. The molecule has 1 aromatic rings. The zero-order chi connectivity index (χ0) is 13.9. The predicted octanol–water partition coefficient (Wildman–Crippen LogP) is 1.87. The molecule has 0 radical (unpaired) electrons. The van der Waals surface area contributed by atoms with Gasteiger partial charge in [0.15, 0.2) is 11.5 Å². The number of ether oxygens (including phenoxy) is 1. The molecule has 0 aromatic carbocycles. The van der Waals surface area contributed by atoms with Crippen molar-refractivity contribution in [3.8, 4) is 5.75 Å². The molecule has 19 heavy (non-hydrogen) atoms. The van der Waals surface area contributed by atoms with Crippen LogP contribution in [0.1, 0.15) is 43.6 Å². The Kier molecular flexibility index (Phi) is 4.24. The molecule has 2 rings (SSSR count). The first kappa shape index (κ1) is 14.1. The number of Topliss-reactive ketones (excluding diaryl/α,β-unsaturated/α-hetero) is 1. The minimum atomic E-state index is -0.258. The minimum absolute atomic E-state index is 0.188. The van der Waals surface area contributed by atoms with Crippen molar-refractivity contribution in [2.75, 3.05) is 20.2 Å². The van der Waals surface area contributed by atoms with Gasteiger partial charge in [-0.15, -0.1) is 0 Å². The number of methoxy groups -OCH3 is 1. The smallest absolute Gasteiger partial charge is 0.190 e. The maximum Gasteiger partial charge on any atom is 0.190 e. The van der Waals surface area contributed by atoms with Gasteiger partial charge in [0.2, 0.25) is 0 Å². The molecule has 0 bridgehead atoms. The number of aromatic nitrogens is 2. The third-order valence-electron chi connectivity index (χ3n) is 4.26. The number of rotatable bonds is 5. The molecule has 0 unspecified atom stereocenters. The van der Waals surface area contributed by atoms with Crippen LogP contribution in [0, 0.1) is 5.41 Å². The highest BCUT2D eigenvalue weighted by atomic mass is 16.5. The van der Waals surface area contributed by atoms with Crippen LogP contribution in [-0.4, -0.2) is 35.8 Å². The van der Waals surface area contributed by atoms with Crippen molar-refractivity contribution in [3.05, 3.63) is 11.9 Å². The van der Waals surface area contributed by atoms with E-state index in [0.29, 0.717) is 18.0 Å². The summed E-state index contributed by atoms with van der Waals surface area (Å²) in [6.45, 7) is 6.58. The zero-order valence-corrected chi connectivity index (χ0v) is 12.0. The molecule has 1 N–H and O–H groups in total. The molecule has 0 amide bonds. The highest BCUT2D eigenvalue weighted by Crippen LogP contribution is 2.38. The van der Waals surface area contributed by atoms with E-state index in [0.717, 1.165) is 32.4 Å². The van der Waals surface area contributed by atoms with E-state index < -0.39 is 0 Å². The van der Waals surface area contributed by atoms with E-state index >= 15 is 0 Å². The fraction of sp³-hybridized carbons (Fsp3) is 0.714. The summed E-state index contributed by atoms with van der Waals surface area (Å²) in [6.07, 6.45) is 4.29. The van der Waals surface area contributed by atoms with Gasteiger partial charge in [0.25, 0.3) is 0 Å². The largest absolute Gasteiger partial charge is 0.493 e. The molecule has 0 saturated carbocycles. The standard InChI is InChI=1S/C14H23N3O2/c1-4-14(6-8-15-9-7-14)13(18)12-11(19-3)10-16-17(12)5-2/h10,15H,4-9H2,1-3H3. The first-order chi connectivity index (χ1) is 9.18. The van der Waals surface area contributed by atoms with Gasteiger partial charge in [-0.1, -0.05) is 6.92 Å². The summed E-state index contributed by atoms with van der Waals surface area (Å²) in [5.74, 6) is 0.783. The average molecular weight is 265 g/mol. The van der Waals surface area contributed by atoms with E-state index in [1.54, 1.807) is 18.0 Å². The molecule has 5 nitrogen and oxygen atoms in total. The first-order valence-corrected chi connectivity index (χ1v) is 7.04. The molecule has 0 spiro atoms. The van der Waals surface area contributed by atoms with E-state index in [9.17, 15) is 4.79 Å². The number of carbonyl (C=O) groups is 1. The van der Waals surface area contributed by atoms with Crippen LogP contribution in [0.5, 0.6) is 5.75 Å². The molecule has 1 fully saturated rings. The summed E-state index contributed by atoms with van der Waals surface area (Å²) in [6, 6.07) is 0. The molecule has 1 aromatic heterocycles. The molecule has 106 valence electrons. The van der Waals surface area contributed by atoms with E-state index in [4.69, 9.17) is 4.74 Å². The summed E-state index contributed by atoms with van der Waals surface area (Å²) in [4.78, 5) is 13.0. The number of hydrogen-bond acceptors (Lipinski definition) is 4. The lowest BCUT2D eigenvalue weighted by atomic mass is 9.72. The van der Waals surface area contributed by atoms with Crippen LogP contribution in [0.4, 0.5) is 0 Å². The van der Waals surface area contributed by atoms with E-state index in [-0.39, 0.29) is 11.2 Å². The predicted molar refractivity (Wildman–Crippen MR) is 73.6 cm³/mol. The molecule has 1 saturated heterocycles. The van der Waals surface area contributed by atoms with Crippen LogP contribution in [-0.2, 0) is 6.54 Å². The van der Waals surface area contributed by atoms with Gasteiger partial charge in [-0.2, -0.15) is 5.10 Å². The van der Waals surface area contributed by atoms with E-state index in [2.05, 4.69) is 17.3 Å². The number of aryl methyl sites for hydroxylation is 1. The van der Waals surface area contributed by atoms with Crippen molar-refractivity contribution in [2.24, 2.45) is 5.41 Å². The van der Waals surface area contributed by atoms with Crippen molar-refractivity contribution in [1.82, 2.24) is 15.1 Å². The maximum absolute atomic E-state index is 13.0. The molecule has 1 aliphatic rings. The van der Waals surface area contributed by atoms with Crippen LogP contribution in [0.2, 0.25) is 0 Å². The van der Waals surface area contributed by atoms with Crippen LogP contribution in [0.3, 0.4) is 0 Å². The Morgan fingerprint density at radius 2 is 2.16 bits per heavy atom. The first-order valence-electron chi connectivity index (χ1n) is 7.04. The summed E-state index contributed by atoms with van der Waals surface area (Å²) in [5, 5.41) is 7.57. The van der Waals surface area contributed by atoms with E-state index in [1.807, 2.05) is 6.92 Å². The molecule has 0 atom stereocenters. The van der Waals surface area contributed by atoms with Gasteiger partial charge in [0.1, 0.15) is 5.69 Å². The average Bonchev–Trinajstić information content (AvgIpc) is 2.89. The van der Waals surface area contributed by atoms with Gasteiger partial charge in [0.05, 0.1) is 13.3 Å². The Labute approximate surface area is 114 Å². The zero-order valence-electron chi connectivity index (χ0n) is 12.0. The van der Waals surface area contributed by atoms with Crippen molar-refractivity contribution >= 4 is 5.78 Å². The Morgan fingerprint density at radius 3 is 2.68 bits per heavy atom. The highest BCUT2D eigenvalue weighted by molar-refractivity contribution is 6.01. The number of nitrogens with one attached hydrogen (secondary N) is 1. The lowest BCUT2D eigenvalue weighted by Crippen LogP contribution is -2.42. The summed E-state index contributed by atoms with van der Waals surface area (Å²) >= 11 is 0. The summed E-state index contributed by atoms with van der Waals surface area (Å²) in [7, 11) is 1.59. The quantitative estimate of drug-likeness (QED) is 0.826. The number of ketones is 1. The normalized spacial score (nSPS) is 18.3. The van der Waals surface area contributed by atoms with Crippen molar-refractivity contribution in [2.45, 2.75) is 39.7 Å². The third kappa shape index (κ3) is 2.39. The second-order valence-electron chi connectivity index (χ2n) is 5.09. The number of piperidine rings is 1. The fourth-order valence-electron chi connectivity index (χ4n) is 2.88. The Hall–Kier alpha value is -1.36. The number of carbonyl (C=O) groups excluding carboxylic acids is 1. The second-order valence-corrected chi connectivity index (χ2v) is 5.09. The summed E-state index contributed by atoms with van der Waals surface area (Å²) in [5.41, 5.74) is 0.375. The molecular weight excluding hydrogens is 242 g/mol. The minimum Gasteiger partial charge on any atom is -0.493 e. The lowest BCUT2D eigenvalue weighted by Gasteiger charge is -2.35. The second kappa shape index (κ2) is 5.74. The molecule has 0 aliphatic carbocycles. The third-order valence-corrected chi connectivity index (χ3v) is 4.26. The number of nitrogens with zero attached hydrogens (tertiary/aromatic N) is 2. The molecule has 5 heteroatoms. The Bertz CT molecular complexity index is 426. The maximum atomic E-state index is 13.0. The van der Waals surface area contributed by atoms with Gasteiger partial charge in [-0.25, -0.2) is 0 Å². The Balaban J connectivity index is 2.39. The van der Waals surface area contributed by atoms with Gasteiger partial charge in [-0.05, 0) is 39.3 Å². The van der Waals surface area contributed by atoms with Crippen LogP contribution in [0.15, 0.2) is 6.20 Å². The van der Waals surface area contributed by atoms with Crippen LogP contribution >= 0.6 is 0 Å². The number of hydrogen-bond donors (Lipinski definition) is 1. The van der Waals surface area contributed by atoms with Crippen molar-refractivity contribution in [3.63, 3.8) is 0 Å². The monoisotopic (exact) mass is 265 g/mol. The molecular formula is C14H23N3O2. The van der Waals surface area contributed by atoms with Crippen LogP contribution in [0.25, 0.3) is 0 Å². The topological polar surface area (TPSA) is 56.2 Å². The summed E-state index contributed by atoms with van der Waals surface area (Å²) < 4.78 is 7.06. The van der Waals surface area contributed by atoms with Crippen molar-refractivity contribution in [1.29, 1.82) is 0 Å². The fourth-order valence-corrected chi connectivity index (χ4v) is 2.88. The van der Waals surface area contributed by atoms with Gasteiger partial charge in [0, 0.05) is 12.0 Å². The van der Waals surface area contributed by atoms with Gasteiger partial charge < -0.3 is 10.1 Å². The van der Waals surface area contributed by atoms with Crippen molar-refractivity contribution < 1.29 is 9.53 Å².